The molecule has 0 bridgehead atoms. The van der Waals surface area contributed by atoms with Crippen LogP contribution in [0.4, 0.5) is 4.39 Å². The van der Waals surface area contributed by atoms with Crippen LogP contribution in [0.5, 0.6) is 0 Å². The fourth-order valence-corrected chi connectivity index (χ4v) is 2.59. The fourth-order valence-electron chi connectivity index (χ4n) is 2.59. The van der Waals surface area contributed by atoms with Crippen molar-refractivity contribution in [1.82, 2.24) is 10.2 Å². The zero-order chi connectivity index (χ0) is 15.5. The molecule has 1 fully saturated rings. The number of nitrogens with one attached hydrogen (secondary N) is 1. The maximum Gasteiger partial charge on any atom is 0.246 e. The van der Waals surface area contributed by atoms with Crippen LogP contribution in [0.15, 0.2) is 0 Å². The molecule has 4 nitrogen and oxygen atoms in total. The van der Waals surface area contributed by atoms with E-state index in [1.165, 1.54) is 0 Å². The lowest BCUT2D eigenvalue weighted by Gasteiger charge is -2.45. The molecule has 3 atom stereocenters. The Kier molecular flexibility index (Phi) is 5.54. The molecule has 0 aromatic heterocycles. The van der Waals surface area contributed by atoms with Gasteiger partial charge in [0, 0.05) is 6.54 Å². The van der Waals surface area contributed by atoms with Gasteiger partial charge in [0.1, 0.15) is 12.1 Å². The average molecular weight is 286 g/mol. The minimum atomic E-state index is -0.532. The zero-order valence-corrected chi connectivity index (χ0v) is 13.2. The summed E-state index contributed by atoms with van der Waals surface area (Å²) in [6.07, 6.45) is 1.08. The highest BCUT2D eigenvalue weighted by atomic mass is 19.1. The van der Waals surface area contributed by atoms with Crippen LogP contribution < -0.4 is 5.32 Å². The van der Waals surface area contributed by atoms with E-state index < -0.39 is 18.8 Å². The Bertz CT molecular complexity index is 365. The van der Waals surface area contributed by atoms with Gasteiger partial charge in [-0.15, -0.1) is 0 Å². The molecule has 20 heavy (non-hydrogen) atoms. The normalized spacial score (nSPS) is 25.6. The molecular weight excluding hydrogens is 259 g/mol. The van der Waals surface area contributed by atoms with Crippen molar-refractivity contribution in [3.8, 4) is 0 Å². The first-order valence-electron chi connectivity index (χ1n) is 7.40. The summed E-state index contributed by atoms with van der Waals surface area (Å²) in [6.45, 7) is 9.55. The van der Waals surface area contributed by atoms with Crippen molar-refractivity contribution in [2.24, 2.45) is 11.3 Å². The monoisotopic (exact) mass is 286 g/mol. The molecule has 0 radical (unpaired) electrons. The van der Waals surface area contributed by atoms with Gasteiger partial charge in [-0.05, 0) is 17.8 Å². The first-order chi connectivity index (χ1) is 9.23. The van der Waals surface area contributed by atoms with Gasteiger partial charge in [0.2, 0.25) is 11.8 Å². The summed E-state index contributed by atoms with van der Waals surface area (Å²) in [4.78, 5) is 26.6. The van der Waals surface area contributed by atoms with Crippen LogP contribution in [0.25, 0.3) is 0 Å². The summed E-state index contributed by atoms with van der Waals surface area (Å²) in [5.41, 5.74) is -0.346. The van der Waals surface area contributed by atoms with Crippen molar-refractivity contribution >= 4 is 11.8 Å². The van der Waals surface area contributed by atoms with Gasteiger partial charge in [-0.3, -0.25) is 14.0 Å². The van der Waals surface area contributed by atoms with Crippen molar-refractivity contribution in [1.29, 1.82) is 0 Å². The molecule has 1 aliphatic heterocycles. The minimum Gasteiger partial charge on any atom is -0.342 e. The lowest BCUT2D eigenvalue weighted by atomic mass is 9.82. The van der Waals surface area contributed by atoms with Gasteiger partial charge < -0.3 is 10.2 Å². The number of alkyl halides is 1. The number of piperazine rings is 1. The quantitative estimate of drug-likeness (QED) is 0.841. The number of hydrogen-bond acceptors (Lipinski definition) is 2. The smallest absolute Gasteiger partial charge is 0.246 e. The van der Waals surface area contributed by atoms with Crippen LogP contribution in [-0.4, -0.2) is 42.0 Å². The van der Waals surface area contributed by atoms with E-state index in [9.17, 15) is 14.0 Å². The molecule has 0 aromatic carbocycles. The molecule has 5 heteroatoms. The predicted molar refractivity (Wildman–Crippen MR) is 76.9 cm³/mol. The maximum atomic E-state index is 12.6. The molecule has 116 valence electrons. The van der Waals surface area contributed by atoms with Gasteiger partial charge in [-0.2, -0.15) is 0 Å². The average Bonchev–Trinajstić information content (AvgIpc) is 2.36. The molecule has 1 saturated heterocycles. The Balaban J connectivity index is 3.04. The molecular formula is C15H27FN2O2. The number of rotatable bonds is 5. The van der Waals surface area contributed by atoms with Crippen molar-refractivity contribution in [2.45, 2.75) is 59.5 Å². The van der Waals surface area contributed by atoms with E-state index in [-0.39, 0.29) is 29.6 Å². The standard InChI is InChI=1S/C15H27FN2O2/c1-6-10(2)11-13(19)17-12(15(3,4)5)14(20)18(11)9-7-8-16/h10-12H,6-9H2,1-5H3,(H,17,19). The van der Waals surface area contributed by atoms with Crippen molar-refractivity contribution in [3.63, 3.8) is 0 Å². The van der Waals surface area contributed by atoms with E-state index in [1.54, 1.807) is 4.90 Å². The van der Waals surface area contributed by atoms with Gasteiger partial charge in [0.05, 0.1) is 6.67 Å². The zero-order valence-electron chi connectivity index (χ0n) is 13.2. The van der Waals surface area contributed by atoms with E-state index in [0.717, 1.165) is 6.42 Å². The SMILES string of the molecule is CCC(C)C1C(=O)NC(C(C)(C)C)C(=O)N1CCCF. The highest BCUT2D eigenvalue weighted by molar-refractivity contribution is 5.97. The summed E-state index contributed by atoms with van der Waals surface area (Å²) in [5, 5.41) is 2.85. The summed E-state index contributed by atoms with van der Waals surface area (Å²) >= 11 is 0. The Hall–Kier alpha value is -1.13. The summed E-state index contributed by atoms with van der Waals surface area (Å²) in [7, 11) is 0. The number of carbonyl (C=O) groups excluding carboxylic acids is 2. The number of halogens is 1. The number of nitrogens with zero attached hydrogens (tertiary/aromatic N) is 1. The maximum absolute atomic E-state index is 12.6. The molecule has 0 spiro atoms. The van der Waals surface area contributed by atoms with Crippen LogP contribution >= 0.6 is 0 Å². The number of carbonyl (C=O) groups is 2. The summed E-state index contributed by atoms with van der Waals surface area (Å²) < 4.78 is 12.5. The van der Waals surface area contributed by atoms with Crippen LogP contribution in [-0.2, 0) is 9.59 Å². The van der Waals surface area contributed by atoms with Crippen molar-refractivity contribution in [3.05, 3.63) is 0 Å². The van der Waals surface area contributed by atoms with Gasteiger partial charge in [0.15, 0.2) is 0 Å². The molecule has 3 unspecified atom stereocenters. The molecule has 2 amide bonds. The lowest BCUT2D eigenvalue weighted by Crippen LogP contribution is -2.68. The van der Waals surface area contributed by atoms with Crippen LogP contribution in [0, 0.1) is 11.3 Å². The van der Waals surface area contributed by atoms with E-state index in [4.69, 9.17) is 0 Å². The topological polar surface area (TPSA) is 49.4 Å². The third kappa shape index (κ3) is 3.49. The Morgan fingerprint density at radius 2 is 1.95 bits per heavy atom. The van der Waals surface area contributed by atoms with E-state index in [2.05, 4.69) is 5.32 Å². The number of hydrogen-bond donors (Lipinski definition) is 1. The first kappa shape index (κ1) is 16.9. The first-order valence-corrected chi connectivity index (χ1v) is 7.40. The minimum absolute atomic E-state index is 0.0690. The highest BCUT2D eigenvalue weighted by Gasteiger charge is 2.46. The van der Waals surface area contributed by atoms with E-state index >= 15 is 0 Å². The van der Waals surface area contributed by atoms with Crippen molar-refractivity contribution in [2.75, 3.05) is 13.2 Å². The molecule has 1 aliphatic rings. The van der Waals surface area contributed by atoms with Gasteiger partial charge in [0.25, 0.3) is 0 Å². The second-order valence-corrected chi connectivity index (χ2v) is 6.71. The van der Waals surface area contributed by atoms with Crippen molar-refractivity contribution < 1.29 is 14.0 Å². The van der Waals surface area contributed by atoms with Gasteiger partial charge >= 0.3 is 0 Å². The third-order valence-corrected chi connectivity index (χ3v) is 4.00. The number of amides is 2. The second kappa shape index (κ2) is 6.55. The third-order valence-electron chi connectivity index (χ3n) is 4.00. The predicted octanol–water partition coefficient (Wildman–Crippen LogP) is 2.13. The lowest BCUT2D eigenvalue weighted by molar-refractivity contribution is -0.154. The molecule has 0 aromatic rings. The molecule has 1 heterocycles. The van der Waals surface area contributed by atoms with Crippen LogP contribution in [0.1, 0.15) is 47.5 Å². The van der Waals surface area contributed by atoms with Gasteiger partial charge in [-0.25, -0.2) is 0 Å². The molecule has 0 aliphatic carbocycles. The largest absolute Gasteiger partial charge is 0.342 e. The summed E-state index contributed by atoms with van der Waals surface area (Å²) in [6, 6.07) is -1.01. The Morgan fingerprint density at radius 3 is 2.40 bits per heavy atom. The van der Waals surface area contributed by atoms with E-state index in [1.807, 2.05) is 34.6 Å². The summed E-state index contributed by atoms with van der Waals surface area (Å²) in [5.74, 6) is -0.131. The Morgan fingerprint density at radius 1 is 1.35 bits per heavy atom. The van der Waals surface area contributed by atoms with Crippen LogP contribution in [0.2, 0.25) is 0 Å². The molecule has 1 rings (SSSR count). The van der Waals surface area contributed by atoms with Gasteiger partial charge in [-0.1, -0.05) is 41.0 Å². The second-order valence-electron chi connectivity index (χ2n) is 6.71. The fraction of sp³-hybridized carbons (Fsp3) is 0.867. The Labute approximate surface area is 121 Å². The van der Waals surface area contributed by atoms with Crippen LogP contribution in [0.3, 0.4) is 0 Å². The van der Waals surface area contributed by atoms with E-state index in [0.29, 0.717) is 6.54 Å². The highest BCUT2D eigenvalue weighted by Crippen LogP contribution is 2.28. The molecule has 1 N–H and O–H groups in total. The molecule has 0 saturated carbocycles.